The molecule has 2 aromatic rings. The highest BCUT2D eigenvalue weighted by atomic mass is 16.5. The minimum absolute atomic E-state index is 0.188. The van der Waals surface area contributed by atoms with Crippen molar-refractivity contribution in [2.24, 2.45) is 5.16 Å². The van der Waals surface area contributed by atoms with Crippen LogP contribution in [-0.2, 0) is 20.9 Å². The van der Waals surface area contributed by atoms with Crippen molar-refractivity contribution >= 4 is 23.6 Å². The summed E-state index contributed by atoms with van der Waals surface area (Å²) in [5.41, 5.74) is 2.21. The number of ether oxygens (including phenoxy) is 2. The minimum atomic E-state index is -0.663. The number of rotatable bonds is 8. The molecule has 9 nitrogen and oxygen atoms in total. The molecule has 1 amide bonds. The first-order valence-electron chi connectivity index (χ1n) is 8.95. The quantitative estimate of drug-likeness (QED) is 0.269. The number of amides is 1. The van der Waals surface area contributed by atoms with Crippen molar-refractivity contribution in [1.29, 1.82) is 0 Å². The van der Waals surface area contributed by atoms with Gasteiger partial charge in [0.1, 0.15) is 18.8 Å². The largest absolute Gasteiger partial charge is 0.461 e. The maximum absolute atomic E-state index is 12.1. The standard InChI is InChI=1S/C20H23N3O6/c1-4-28-20(26)18-12(2)17(13(3)23-27)15(22-18)11-29-16(24)10-21-19(25)14-8-6-5-7-9-14/h5-9,22,27H,4,10-11H2,1-3H3,(H,21,25)/b23-13+. The van der Waals surface area contributed by atoms with E-state index < -0.39 is 17.8 Å². The van der Waals surface area contributed by atoms with Crippen LogP contribution in [0.1, 0.15) is 51.5 Å². The fourth-order valence-corrected chi connectivity index (χ4v) is 2.76. The molecule has 0 saturated carbocycles. The number of hydrogen-bond donors (Lipinski definition) is 3. The Kier molecular flexibility index (Phi) is 7.53. The van der Waals surface area contributed by atoms with Gasteiger partial charge < -0.3 is 25.0 Å². The topological polar surface area (TPSA) is 130 Å². The Labute approximate surface area is 167 Å². The second-order valence-corrected chi connectivity index (χ2v) is 6.09. The molecule has 2 rings (SSSR count). The number of carbonyl (C=O) groups is 3. The van der Waals surface area contributed by atoms with Gasteiger partial charge in [0.25, 0.3) is 5.91 Å². The van der Waals surface area contributed by atoms with Crippen LogP contribution < -0.4 is 5.32 Å². The van der Waals surface area contributed by atoms with Crippen molar-refractivity contribution < 1.29 is 29.1 Å². The van der Waals surface area contributed by atoms with Gasteiger partial charge in [-0.05, 0) is 38.5 Å². The Hall–Kier alpha value is -3.62. The predicted octanol–water partition coefficient (Wildman–Crippen LogP) is 2.17. The van der Waals surface area contributed by atoms with Crippen LogP contribution in [0.25, 0.3) is 0 Å². The van der Waals surface area contributed by atoms with Gasteiger partial charge in [0.05, 0.1) is 18.0 Å². The van der Waals surface area contributed by atoms with Gasteiger partial charge in [0, 0.05) is 11.1 Å². The second kappa shape index (κ2) is 10.1. The minimum Gasteiger partial charge on any atom is -0.461 e. The zero-order valence-corrected chi connectivity index (χ0v) is 16.4. The molecule has 0 radical (unpaired) electrons. The maximum Gasteiger partial charge on any atom is 0.355 e. The predicted molar refractivity (Wildman–Crippen MR) is 104 cm³/mol. The maximum atomic E-state index is 12.1. The van der Waals surface area contributed by atoms with Crippen molar-refractivity contribution in [1.82, 2.24) is 10.3 Å². The van der Waals surface area contributed by atoms with Crippen molar-refractivity contribution in [3.05, 3.63) is 58.4 Å². The number of nitrogens with zero attached hydrogens (tertiary/aromatic N) is 1. The number of esters is 2. The van der Waals surface area contributed by atoms with Crippen molar-refractivity contribution in [3.63, 3.8) is 0 Å². The van der Waals surface area contributed by atoms with Crippen LogP contribution in [-0.4, -0.2) is 46.9 Å². The van der Waals surface area contributed by atoms with Crippen LogP contribution in [0.2, 0.25) is 0 Å². The summed E-state index contributed by atoms with van der Waals surface area (Å²) in [4.78, 5) is 38.9. The Morgan fingerprint density at radius 3 is 2.48 bits per heavy atom. The smallest absolute Gasteiger partial charge is 0.355 e. The number of nitrogens with one attached hydrogen (secondary N) is 2. The fourth-order valence-electron chi connectivity index (χ4n) is 2.76. The summed E-state index contributed by atoms with van der Waals surface area (Å²) in [7, 11) is 0. The normalized spacial score (nSPS) is 11.1. The van der Waals surface area contributed by atoms with E-state index in [9.17, 15) is 14.4 Å². The highest BCUT2D eigenvalue weighted by Gasteiger charge is 2.23. The van der Waals surface area contributed by atoms with E-state index in [0.29, 0.717) is 22.4 Å². The van der Waals surface area contributed by atoms with E-state index in [4.69, 9.17) is 14.7 Å². The molecule has 0 bridgehead atoms. The molecule has 9 heteroatoms. The molecule has 0 unspecified atom stereocenters. The Balaban J connectivity index is 2.05. The van der Waals surface area contributed by atoms with Crippen LogP contribution in [0, 0.1) is 6.92 Å². The van der Waals surface area contributed by atoms with Crippen LogP contribution >= 0.6 is 0 Å². The third-order valence-electron chi connectivity index (χ3n) is 4.13. The van der Waals surface area contributed by atoms with Crippen LogP contribution in [0.5, 0.6) is 0 Å². The zero-order chi connectivity index (χ0) is 21.4. The highest BCUT2D eigenvalue weighted by molar-refractivity contribution is 6.04. The first-order chi connectivity index (χ1) is 13.9. The lowest BCUT2D eigenvalue weighted by Gasteiger charge is -2.08. The van der Waals surface area contributed by atoms with Gasteiger partial charge in [-0.15, -0.1) is 0 Å². The second-order valence-electron chi connectivity index (χ2n) is 6.09. The number of oxime groups is 1. The van der Waals surface area contributed by atoms with Crippen molar-refractivity contribution in [3.8, 4) is 0 Å². The summed E-state index contributed by atoms with van der Waals surface area (Å²) in [6, 6.07) is 8.47. The third-order valence-corrected chi connectivity index (χ3v) is 4.13. The Morgan fingerprint density at radius 2 is 1.86 bits per heavy atom. The van der Waals surface area contributed by atoms with Crippen molar-refractivity contribution in [2.75, 3.05) is 13.2 Å². The third kappa shape index (κ3) is 5.44. The molecule has 0 saturated heterocycles. The summed E-state index contributed by atoms with van der Waals surface area (Å²) in [6.45, 7) is 4.58. The van der Waals surface area contributed by atoms with Gasteiger partial charge in [-0.2, -0.15) is 0 Å². The fraction of sp³-hybridized carbons (Fsp3) is 0.300. The molecule has 0 aliphatic rings. The molecule has 0 fully saturated rings. The van der Waals surface area contributed by atoms with E-state index in [1.54, 1.807) is 51.1 Å². The summed E-state index contributed by atoms with van der Waals surface area (Å²) in [6.07, 6.45) is 0. The number of aromatic nitrogens is 1. The van der Waals surface area contributed by atoms with E-state index in [1.807, 2.05) is 0 Å². The average Bonchev–Trinajstić information content (AvgIpc) is 3.07. The molecule has 1 aromatic carbocycles. The number of aromatic amines is 1. The van der Waals surface area contributed by atoms with Gasteiger partial charge in [-0.25, -0.2) is 4.79 Å². The van der Waals surface area contributed by atoms with Gasteiger partial charge >= 0.3 is 11.9 Å². The number of benzene rings is 1. The first-order valence-corrected chi connectivity index (χ1v) is 8.95. The highest BCUT2D eigenvalue weighted by Crippen LogP contribution is 2.21. The lowest BCUT2D eigenvalue weighted by atomic mass is 10.1. The van der Waals surface area contributed by atoms with Crippen LogP contribution in [0.15, 0.2) is 35.5 Å². The van der Waals surface area contributed by atoms with Gasteiger partial charge in [-0.1, -0.05) is 23.4 Å². The van der Waals surface area contributed by atoms with Crippen molar-refractivity contribution in [2.45, 2.75) is 27.4 Å². The molecular formula is C20H23N3O6. The lowest BCUT2D eigenvalue weighted by molar-refractivity contribution is -0.143. The SMILES string of the molecule is CCOC(=O)c1[nH]c(COC(=O)CNC(=O)c2ccccc2)c(/C(C)=N/O)c1C. The molecule has 154 valence electrons. The molecule has 1 aromatic heterocycles. The van der Waals surface area contributed by atoms with Crippen LogP contribution in [0.4, 0.5) is 0 Å². The van der Waals surface area contributed by atoms with Gasteiger partial charge in [-0.3, -0.25) is 9.59 Å². The molecule has 0 aliphatic heterocycles. The Morgan fingerprint density at radius 1 is 1.17 bits per heavy atom. The summed E-state index contributed by atoms with van der Waals surface area (Å²) in [5.74, 6) is -1.62. The molecule has 1 heterocycles. The van der Waals surface area contributed by atoms with Gasteiger partial charge in [0.2, 0.25) is 0 Å². The zero-order valence-electron chi connectivity index (χ0n) is 16.4. The summed E-state index contributed by atoms with van der Waals surface area (Å²) >= 11 is 0. The van der Waals surface area contributed by atoms with E-state index in [-0.39, 0.29) is 31.2 Å². The molecular weight excluding hydrogens is 378 g/mol. The molecule has 3 N–H and O–H groups in total. The molecule has 0 spiro atoms. The van der Waals surface area contributed by atoms with Crippen LogP contribution in [0.3, 0.4) is 0 Å². The molecule has 29 heavy (non-hydrogen) atoms. The number of hydrogen-bond acceptors (Lipinski definition) is 7. The van der Waals surface area contributed by atoms with E-state index in [2.05, 4.69) is 15.5 Å². The number of carbonyl (C=O) groups excluding carboxylic acids is 3. The van der Waals surface area contributed by atoms with E-state index in [0.717, 1.165) is 0 Å². The van der Waals surface area contributed by atoms with Gasteiger partial charge in [0.15, 0.2) is 0 Å². The van der Waals surface area contributed by atoms with E-state index in [1.165, 1.54) is 0 Å². The molecule has 0 aliphatic carbocycles. The van der Waals surface area contributed by atoms with E-state index >= 15 is 0 Å². The monoisotopic (exact) mass is 401 g/mol. The lowest BCUT2D eigenvalue weighted by Crippen LogP contribution is -2.30. The first kappa shape index (κ1) is 21.7. The number of H-pyrrole nitrogens is 1. The average molecular weight is 401 g/mol. The summed E-state index contributed by atoms with van der Waals surface area (Å²) in [5, 5.41) is 14.8. The molecule has 0 atom stereocenters. The Bertz CT molecular complexity index is 918. The summed E-state index contributed by atoms with van der Waals surface area (Å²) < 4.78 is 10.2.